The fraction of sp³-hybridized carbons (Fsp3) is 0.533. The Morgan fingerprint density at radius 1 is 1.55 bits per heavy atom. The minimum absolute atomic E-state index is 0.706. The summed E-state index contributed by atoms with van der Waals surface area (Å²) in [5.41, 5.74) is 2.42. The summed E-state index contributed by atoms with van der Waals surface area (Å²) in [7, 11) is 0. The van der Waals surface area contributed by atoms with Crippen molar-refractivity contribution in [1.29, 1.82) is 0 Å². The molecule has 1 aliphatic rings. The number of nitrogens with one attached hydrogen (secondary N) is 2. The molecule has 3 rings (SSSR count). The van der Waals surface area contributed by atoms with Crippen LogP contribution in [0.1, 0.15) is 25.3 Å². The van der Waals surface area contributed by atoms with Gasteiger partial charge in [0, 0.05) is 24.7 Å². The van der Waals surface area contributed by atoms with Crippen LogP contribution in [0, 0.1) is 0 Å². The molecule has 0 aliphatic carbocycles. The van der Waals surface area contributed by atoms with Crippen LogP contribution in [0.4, 0.5) is 0 Å². The van der Waals surface area contributed by atoms with Crippen molar-refractivity contribution in [2.45, 2.75) is 32.4 Å². The summed E-state index contributed by atoms with van der Waals surface area (Å²) in [5.74, 6) is 0. The Kier molecular flexibility index (Phi) is 4.50. The van der Waals surface area contributed by atoms with Crippen molar-refractivity contribution in [3.8, 4) is 10.6 Å². The smallest absolute Gasteiger partial charge is 0.0794 e. The standard InChI is InChI=1S/C15H22N4S/c1-2-19-7-3-5-13(19)11-16-9-12-10-17-18-15(12)14-6-4-8-20-14/h4,6,8,10,13,16H,2-3,5,7,9,11H2,1H3,(H,17,18)/t13-/m0/s1. The average Bonchev–Trinajstić information content (AvgIpc) is 3.20. The van der Waals surface area contributed by atoms with Gasteiger partial charge in [-0.15, -0.1) is 11.3 Å². The molecule has 0 spiro atoms. The summed E-state index contributed by atoms with van der Waals surface area (Å²) < 4.78 is 0. The number of H-pyrrole nitrogens is 1. The third kappa shape index (κ3) is 2.95. The predicted molar refractivity (Wildman–Crippen MR) is 83.9 cm³/mol. The second-order valence-electron chi connectivity index (χ2n) is 5.30. The Morgan fingerprint density at radius 3 is 3.30 bits per heavy atom. The molecule has 0 unspecified atom stereocenters. The lowest BCUT2D eigenvalue weighted by Gasteiger charge is -2.22. The molecule has 0 saturated carbocycles. The number of rotatable bonds is 6. The Hall–Kier alpha value is -1.17. The van der Waals surface area contributed by atoms with Gasteiger partial charge in [0.2, 0.25) is 0 Å². The van der Waals surface area contributed by atoms with Gasteiger partial charge in [-0.3, -0.25) is 10.00 Å². The molecular formula is C15H22N4S. The zero-order valence-electron chi connectivity index (χ0n) is 11.9. The minimum Gasteiger partial charge on any atom is -0.311 e. The average molecular weight is 290 g/mol. The number of hydrogen-bond acceptors (Lipinski definition) is 4. The van der Waals surface area contributed by atoms with Crippen molar-refractivity contribution in [3.05, 3.63) is 29.3 Å². The van der Waals surface area contributed by atoms with Gasteiger partial charge in [-0.05, 0) is 37.4 Å². The number of nitrogens with zero attached hydrogens (tertiary/aromatic N) is 2. The molecule has 1 fully saturated rings. The number of aromatic amines is 1. The third-order valence-electron chi connectivity index (χ3n) is 4.09. The molecule has 1 aliphatic heterocycles. The zero-order valence-corrected chi connectivity index (χ0v) is 12.7. The van der Waals surface area contributed by atoms with Gasteiger partial charge in [0.25, 0.3) is 0 Å². The van der Waals surface area contributed by atoms with E-state index in [0.29, 0.717) is 6.04 Å². The Labute approximate surface area is 124 Å². The highest BCUT2D eigenvalue weighted by Crippen LogP contribution is 2.25. The van der Waals surface area contributed by atoms with Gasteiger partial charge < -0.3 is 5.32 Å². The lowest BCUT2D eigenvalue weighted by molar-refractivity contribution is 0.260. The molecule has 2 N–H and O–H groups in total. The largest absolute Gasteiger partial charge is 0.311 e. The van der Waals surface area contributed by atoms with Gasteiger partial charge in [0.15, 0.2) is 0 Å². The molecule has 0 bridgehead atoms. The number of hydrogen-bond donors (Lipinski definition) is 2. The molecule has 20 heavy (non-hydrogen) atoms. The van der Waals surface area contributed by atoms with Crippen molar-refractivity contribution < 1.29 is 0 Å². The number of likely N-dealkylation sites (N-methyl/N-ethyl adjacent to an activating group) is 1. The van der Waals surface area contributed by atoms with Gasteiger partial charge >= 0.3 is 0 Å². The van der Waals surface area contributed by atoms with E-state index in [1.165, 1.54) is 36.4 Å². The van der Waals surface area contributed by atoms with E-state index in [-0.39, 0.29) is 0 Å². The van der Waals surface area contributed by atoms with Crippen molar-refractivity contribution in [3.63, 3.8) is 0 Å². The summed E-state index contributed by atoms with van der Waals surface area (Å²) in [4.78, 5) is 3.83. The van der Waals surface area contributed by atoms with E-state index in [2.05, 4.69) is 44.9 Å². The molecule has 0 radical (unpaired) electrons. The van der Waals surface area contributed by atoms with E-state index in [9.17, 15) is 0 Å². The first-order chi connectivity index (χ1) is 9.88. The van der Waals surface area contributed by atoms with Crippen LogP contribution >= 0.6 is 11.3 Å². The van der Waals surface area contributed by atoms with Gasteiger partial charge in [-0.2, -0.15) is 5.10 Å². The normalized spacial score (nSPS) is 19.8. The minimum atomic E-state index is 0.706. The second-order valence-corrected chi connectivity index (χ2v) is 6.25. The monoisotopic (exact) mass is 290 g/mol. The molecule has 3 heterocycles. The highest BCUT2D eigenvalue weighted by Gasteiger charge is 2.22. The van der Waals surface area contributed by atoms with Crippen LogP contribution < -0.4 is 5.32 Å². The first kappa shape index (κ1) is 13.8. The first-order valence-electron chi connectivity index (χ1n) is 7.39. The summed E-state index contributed by atoms with van der Waals surface area (Å²) in [6.45, 7) is 6.64. The van der Waals surface area contributed by atoms with Crippen molar-refractivity contribution >= 4 is 11.3 Å². The van der Waals surface area contributed by atoms with Crippen LogP contribution in [-0.2, 0) is 6.54 Å². The molecule has 4 nitrogen and oxygen atoms in total. The number of thiophene rings is 1. The quantitative estimate of drug-likeness (QED) is 0.860. The van der Waals surface area contributed by atoms with Gasteiger partial charge in [-0.1, -0.05) is 13.0 Å². The van der Waals surface area contributed by atoms with E-state index in [4.69, 9.17) is 0 Å². The Balaban J connectivity index is 1.56. The van der Waals surface area contributed by atoms with E-state index >= 15 is 0 Å². The summed E-state index contributed by atoms with van der Waals surface area (Å²) in [6, 6.07) is 4.92. The zero-order chi connectivity index (χ0) is 13.8. The molecule has 2 aromatic rings. The number of aromatic nitrogens is 2. The Bertz CT molecular complexity index is 520. The van der Waals surface area contributed by atoms with Crippen molar-refractivity contribution in [2.24, 2.45) is 0 Å². The van der Waals surface area contributed by atoms with E-state index in [1.54, 1.807) is 11.3 Å². The molecular weight excluding hydrogens is 268 g/mol. The van der Waals surface area contributed by atoms with E-state index < -0.39 is 0 Å². The molecule has 2 aromatic heterocycles. The fourth-order valence-electron chi connectivity index (χ4n) is 3.00. The van der Waals surface area contributed by atoms with Gasteiger partial charge in [-0.25, -0.2) is 0 Å². The summed E-state index contributed by atoms with van der Waals surface area (Å²) >= 11 is 1.75. The maximum absolute atomic E-state index is 4.19. The second kappa shape index (κ2) is 6.52. The lowest BCUT2D eigenvalue weighted by Crippen LogP contribution is -2.37. The SMILES string of the molecule is CCN1CCC[C@H]1CNCc1cn[nH]c1-c1cccs1. The summed E-state index contributed by atoms with van der Waals surface area (Å²) in [6.07, 6.45) is 4.60. The molecule has 1 saturated heterocycles. The molecule has 5 heteroatoms. The van der Waals surface area contributed by atoms with Crippen molar-refractivity contribution in [2.75, 3.05) is 19.6 Å². The predicted octanol–water partition coefficient (Wildman–Crippen LogP) is 2.71. The maximum atomic E-state index is 4.19. The Morgan fingerprint density at radius 2 is 2.50 bits per heavy atom. The third-order valence-corrected chi connectivity index (χ3v) is 4.97. The molecule has 0 amide bonds. The van der Waals surface area contributed by atoms with Crippen LogP contribution in [0.25, 0.3) is 10.6 Å². The van der Waals surface area contributed by atoms with Crippen LogP contribution in [0.15, 0.2) is 23.7 Å². The maximum Gasteiger partial charge on any atom is 0.0794 e. The molecule has 108 valence electrons. The lowest BCUT2D eigenvalue weighted by atomic mass is 10.2. The molecule has 1 atom stereocenters. The van der Waals surface area contributed by atoms with Gasteiger partial charge in [0.05, 0.1) is 16.8 Å². The van der Waals surface area contributed by atoms with Crippen molar-refractivity contribution in [1.82, 2.24) is 20.4 Å². The van der Waals surface area contributed by atoms with E-state index in [0.717, 1.165) is 18.8 Å². The van der Waals surface area contributed by atoms with Crippen LogP contribution in [0.2, 0.25) is 0 Å². The van der Waals surface area contributed by atoms with E-state index in [1.807, 2.05) is 6.20 Å². The van der Waals surface area contributed by atoms with Crippen LogP contribution in [0.5, 0.6) is 0 Å². The first-order valence-corrected chi connectivity index (χ1v) is 8.27. The summed E-state index contributed by atoms with van der Waals surface area (Å²) in [5, 5.41) is 13.0. The number of likely N-dealkylation sites (tertiary alicyclic amines) is 1. The highest BCUT2D eigenvalue weighted by atomic mass is 32.1. The highest BCUT2D eigenvalue weighted by molar-refractivity contribution is 7.13. The topological polar surface area (TPSA) is 44.0 Å². The van der Waals surface area contributed by atoms with Crippen LogP contribution in [-0.4, -0.2) is 40.8 Å². The van der Waals surface area contributed by atoms with Gasteiger partial charge in [0.1, 0.15) is 0 Å². The molecule has 0 aromatic carbocycles. The van der Waals surface area contributed by atoms with Crippen LogP contribution in [0.3, 0.4) is 0 Å². The fourth-order valence-corrected chi connectivity index (χ4v) is 3.75.